The average molecular weight is 257 g/mol. The highest BCUT2D eigenvalue weighted by molar-refractivity contribution is 5.81. The Balaban J connectivity index is 2.19. The summed E-state index contributed by atoms with van der Waals surface area (Å²) in [5.41, 5.74) is 0. The zero-order valence-corrected chi connectivity index (χ0v) is 11.9. The summed E-state index contributed by atoms with van der Waals surface area (Å²) in [6.07, 6.45) is 2.26. The second-order valence-electron chi connectivity index (χ2n) is 4.88. The SMILES string of the molecule is CCN1CCC(NC(C)C(=O)NCCOC)CC1. The van der Waals surface area contributed by atoms with Crippen molar-refractivity contribution in [2.75, 3.05) is 39.9 Å². The van der Waals surface area contributed by atoms with Crippen molar-refractivity contribution < 1.29 is 9.53 Å². The van der Waals surface area contributed by atoms with E-state index >= 15 is 0 Å². The van der Waals surface area contributed by atoms with E-state index in [1.165, 1.54) is 0 Å². The third-order valence-corrected chi connectivity index (χ3v) is 3.52. The molecule has 2 N–H and O–H groups in total. The molecule has 18 heavy (non-hydrogen) atoms. The zero-order valence-electron chi connectivity index (χ0n) is 11.9. The van der Waals surface area contributed by atoms with Crippen molar-refractivity contribution in [3.8, 4) is 0 Å². The van der Waals surface area contributed by atoms with Crippen LogP contribution in [0, 0.1) is 0 Å². The van der Waals surface area contributed by atoms with Gasteiger partial charge in [0.2, 0.25) is 5.91 Å². The van der Waals surface area contributed by atoms with Crippen LogP contribution in [0.2, 0.25) is 0 Å². The van der Waals surface area contributed by atoms with Crippen molar-refractivity contribution in [1.29, 1.82) is 0 Å². The molecule has 1 aliphatic heterocycles. The Morgan fingerprint density at radius 1 is 1.44 bits per heavy atom. The molecular weight excluding hydrogens is 230 g/mol. The summed E-state index contributed by atoms with van der Waals surface area (Å²) < 4.78 is 4.91. The second-order valence-corrected chi connectivity index (χ2v) is 4.88. The van der Waals surface area contributed by atoms with E-state index in [-0.39, 0.29) is 11.9 Å². The predicted octanol–water partition coefficient (Wildman–Crippen LogP) is 0.211. The van der Waals surface area contributed by atoms with Gasteiger partial charge in [0.1, 0.15) is 0 Å². The van der Waals surface area contributed by atoms with Crippen LogP contribution >= 0.6 is 0 Å². The highest BCUT2D eigenvalue weighted by Gasteiger charge is 2.21. The van der Waals surface area contributed by atoms with Crippen LogP contribution in [0.3, 0.4) is 0 Å². The standard InChI is InChI=1S/C13H27N3O2/c1-4-16-8-5-12(6-9-16)15-11(2)13(17)14-7-10-18-3/h11-12,15H,4-10H2,1-3H3,(H,14,17). The second kappa shape index (κ2) is 8.45. The highest BCUT2D eigenvalue weighted by Crippen LogP contribution is 2.10. The molecule has 0 radical (unpaired) electrons. The number of rotatable bonds is 7. The van der Waals surface area contributed by atoms with Gasteiger partial charge in [-0.3, -0.25) is 4.79 Å². The highest BCUT2D eigenvalue weighted by atomic mass is 16.5. The summed E-state index contributed by atoms with van der Waals surface area (Å²) in [6.45, 7) is 8.65. The quantitative estimate of drug-likeness (QED) is 0.640. The number of piperidine rings is 1. The Labute approximate surface area is 110 Å². The van der Waals surface area contributed by atoms with Gasteiger partial charge >= 0.3 is 0 Å². The maximum atomic E-state index is 11.8. The van der Waals surface area contributed by atoms with Gasteiger partial charge in [-0.15, -0.1) is 0 Å². The Morgan fingerprint density at radius 2 is 2.11 bits per heavy atom. The molecule has 5 heteroatoms. The molecule has 1 unspecified atom stereocenters. The van der Waals surface area contributed by atoms with Crippen molar-refractivity contribution in [1.82, 2.24) is 15.5 Å². The van der Waals surface area contributed by atoms with Gasteiger partial charge < -0.3 is 20.3 Å². The van der Waals surface area contributed by atoms with Gasteiger partial charge in [0.05, 0.1) is 12.6 Å². The lowest BCUT2D eigenvalue weighted by Crippen LogP contribution is -2.50. The first-order valence-electron chi connectivity index (χ1n) is 6.92. The molecular formula is C13H27N3O2. The molecule has 1 atom stereocenters. The van der Waals surface area contributed by atoms with Gasteiger partial charge in [0.15, 0.2) is 0 Å². The minimum atomic E-state index is -0.125. The maximum Gasteiger partial charge on any atom is 0.236 e. The summed E-state index contributed by atoms with van der Waals surface area (Å²) in [4.78, 5) is 14.2. The number of carbonyl (C=O) groups excluding carboxylic acids is 1. The Bertz CT molecular complexity index is 240. The molecule has 1 aliphatic rings. The minimum absolute atomic E-state index is 0.0602. The van der Waals surface area contributed by atoms with Crippen molar-refractivity contribution in [2.45, 2.75) is 38.8 Å². The Hall–Kier alpha value is -0.650. The molecule has 106 valence electrons. The van der Waals surface area contributed by atoms with Gasteiger partial charge in [0.25, 0.3) is 0 Å². The van der Waals surface area contributed by atoms with E-state index in [4.69, 9.17) is 4.74 Å². The molecule has 0 aromatic rings. The van der Waals surface area contributed by atoms with Crippen molar-refractivity contribution in [3.05, 3.63) is 0 Å². The Kier molecular flexibility index (Phi) is 7.23. The Morgan fingerprint density at radius 3 is 2.67 bits per heavy atom. The molecule has 0 saturated carbocycles. The summed E-state index contributed by atoms with van der Waals surface area (Å²) in [7, 11) is 1.63. The zero-order chi connectivity index (χ0) is 13.4. The topological polar surface area (TPSA) is 53.6 Å². The van der Waals surface area contributed by atoms with Crippen molar-refractivity contribution >= 4 is 5.91 Å². The van der Waals surface area contributed by atoms with E-state index in [1.54, 1.807) is 7.11 Å². The fourth-order valence-corrected chi connectivity index (χ4v) is 2.27. The normalized spacial score (nSPS) is 19.7. The summed E-state index contributed by atoms with van der Waals surface area (Å²) in [5.74, 6) is 0.0602. The van der Waals surface area contributed by atoms with E-state index < -0.39 is 0 Å². The summed E-state index contributed by atoms with van der Waals surface area (Å²) >= 11 is 0. The molecule has 1 rings (SSSR count). The van der Waals surface area contributed by atoms with Crippen molar-refractivity contribution in [3.63, 3.8) is 0 Å². The lowest BCUT2D eigenvalue weighted by Gasteiger charge is -2.32. The summed E-state index contributed by atoms with van der Waals surface area (Å²) in [6, 6.07) is 0.344. The lowest BCUT2D eigenvalue weighted by molar-refractivity contribution is -0.123. The van der Waals surface area contributed by atoms with Crippen LogP contribution in [-0.4, -0.2) is 62.8 Å². The smallest absolute Gasteiger partial charge is 0.236 e. The van der Waals surface area contributed by atoms with Gasteiger partial charge in [-0.1, -0.05) is 6.92 Å². The molecule has 1 amide bonds. The number of ether oxygens (including phenoxy) is 1. The third kappa shape index (κ3) is 5.33. The number of carbonyl (C=O) groups is 1. The average Bonchev–Trinajstić information content (AvgIpc) is 2.39. The van der Waals surface area contributed by atoms with E-state index in [0.29, 0.717) is 19.2 Å². The van der Waals surface area contributed by atoms with Crippen LogP contribution < -0.4 is 10.6 Å². The van der Waals surface area contributed by atoms with Gasteiger partial charge in [-0.25, -0.2) is 0 Å². The minimum Gasteiger partial charge on any atom is -0.383 e. The van der Waals surface area contributed by atoms with Crippen LogP contribution in [-0.2, 0) is 9.53 Å². The molecule has 0 bridgehead atoms. The molecule has 1 heterocycles. The number of hydrogen-bond acceptors (Lipinski definition) is 4. The molecule has 0 aromatic carbocycles. The van der Waals surface area contributed by atoms with Crippen molar-refractivity contribution in [2.24, 2.45) is 0 Å². The van der Waals surface area contributed by atoms with Crippen LogP contribution in [0.1, 0.15) is 26.7 Å². The number of methoxy groups -OCH3 is 1. The van der Waals surface area contributed by atoms with Crippen LogP contribution in [0.15, 0.2) is 0 Å². The lowest BCUT2D eigenvalue weighted by atomic mass is 10.0. The van der Waals surface area contributed by atoms with Gasteiger partial charge in [-0.2, -0.15) is 0 Å². The predicted molar refractivity (Wildman–Crippen MR) is 72.6 cm³/mol. The fraction of sp³-hybridized carbons (Fsp3) is 0.923. The molecule has 5 nitrogen and oxygen atoms in total. The van der Waals surface area contributed by atoms with E-state index in [9.17, 15) is 4.79 Å². The first-order chi connectivity index (χ1) is 8.67. The number of amides is 1. The van der Waals surface area contributed by atoms with Crippen LogP contribution in [0.25, 0.3) is 0 Å². The molecule has 0 aromatic heterocycles. The number of likely N-dealkylation sites (tertiary alicyclic amines) is 1. The first-order valence-corrected chi connectivity index (χ1v) is 6.92. The monoisotopic (exact) mass is 257 g/mol. The molecule has 0 spiro atoms. The number of hydrogen-bond donors (Lipinski definition) is 2. The van der Waals surface area contributed by atoms with Gasteiger partial charge in [-0.05, 0) is 39.4 Å². The largest absolute Gasteiger partial charge is 0.383 e. The number of nitrogens with one attached hydrogen (secondary N) is 2. The van der Waals surface area contributed by atoms with E-state index in [2.05, 4.69) is 22.5 Å². The first kappa shape index (κ1) is 15.4. The van der Waals surface area contributed by atoms with Crippen LogP contribution in [0.5, 0.6) is 0 Å². The van der Waals surface area contributed by atoms with Crippen LogP contribution in [0.4, 0.5) is 0 Å². The summed E-state index contributed by atoms with van der Waals surface area (Å²) in [5, 5.41) is 6.27. The molecule has 1 saturated heterocycles. The third-order valence-electron chi connectivity index (χ3n) is 3.52. The maximum absolute atomic E-state index is 11.8. The van der Waals surface area contributed by atoms with E-state index in [1.807, 2.05) is 6.92 Å². The molecule has 0 aliphatic carbocycles. The fourth-order valence-electron chi connectivity index (χ4n) is 2.27. The van der Waals surface area contributed by atoms with Gasteiger partial charge in [0, 0.05) is 19.7 Å². The molecule has 1 fully saturated rings. The number of nitrogens with zero attached hydrogens (tertiary/aromatic N) is 1. The van der Waals surface area contributed by atoms with E-state index in [0.717, 1.165) is 32.5 Å².